The molecule has 0 aliphatic carbocycles. The van der Waals surface area contributed by atoms with Crippen molar-refractivity contribution in [2.45, 2.75) is 6.92 Å². The highest BCUT2D eigenvalue weighted by Gasteiger charge is 2.15. The summed E-state index contributed by atoms with van der Waals surface area (Å²) in [4.78, 5) is 12.2. The normalized spacial score (nSPS) is 9.90. The molecule has 0 spiro atoms. The van der Waals surface area contributed by atoms with E-state index in [1.807, 2.05) is 13.0 Å². The zero-order valence-electron chi connectivity index (χ0n) is 11.0. The topological polar surface area (TPSA) is 49.3 Å². The summed E-state index contributed by atoms with van der Waals surface area (Å²) in [5.41, 5.74) is 2.50. The highest BCUT2D eigenvalue weighted by Crippen LogP contribution is 2.31. The van der Waals surface area contributed by atoms with Gasteiger partial charge in [-0.1, -0.05) is 41.1 Å². The maximum absolute atomic E-state index is 12.2. The summed E-state index contributed by atoms with van der Waals surface area (Å²) in [6.45, 7) is 1.67. The number of aryl methyl sites for hydroxylation is 1. The number of anilines is 1. The van der Waals surface area contributed by atoms with Crippen LogP contribution in [-0.4, -0.2) is 17.6 Å². The molecule has 0 bridgehead atoms. The molecule has 2 rings (SSSR count). The van der Waals surface area contributed by atoms with Crippen molar-refractivity contribution >= 4 is 46.1 Å². The number of aliphatic hydroxyl groups is 1. The number of aliphatic hydroxyl groups excluding tert-OH is 1. The average Bonchev–Trinajstić information content (AvgIpc) is 2.77. The van der Waals surface area contributed by atoms with Gasteiger partial charge in [-0.05, 0) is 30.7 Å². The molecule has 2 N–H and O–H groups in total. The van der Waals surface area contributed by atoms with E-state index in [2.05, 4.69) is 17.2 Å². The third-order valence-corrected chi connectivity index (χ3v) is 4.11. The van der Waals surface area contributed by atoms with Gasteiger partial charge in [0.2, 0.25) is 0 Å². The van der Waals surface area contributed by atoms with Crippen LogP contribution in [-0.2, 0) is 0 Å². The molecule has 2 aromatic rings. The van der Waals surface area contributed by atoms with E-state index < -0.39 is 0 Å². The van der Waals surface area contributed by atoms with Gasteiger partial charge in [0.25, 0.3) is 5.91 Å². The smallest absolute Gasteiger partial charge is 0.258 e. The fraction of sp³-hybridized carbons (Fsp3) is 0.133. The molecule has 0 radical (unpaired) electrons. The number of nitrogens with one attached hydrogen (secondary N) is 1. The fourth-order valence-electron chi connectivity index (χ4n) is 1.69. The Morgan fingerprint density at radius 3 is 2.76 bits per heavy atom. The number of carbonyl (C=O) groups excluding carboxylic acids is 1. The summed E-state index contributed by atoms with van der Waals surface area (Å²) in [6, 6.07) is 7.00. The fourth-order valence-corrected chi connectivity index (χ4v) is 3.15. The third-order valence-electron chi connectivity index (χ3n) is 2.63. The predicted molar refractivity (Wildman–Crippen MR) is 87.4 cm³/mol. The number of hydrogen-bond acceptors (Lipinski definition) is 3. The molecule has 108 valence electrons. The van der Waals surface area contributed by atoms with Crippen molar-refractivity contribution < 1.29 is 9.90 Å². The minimum atomic E-state index is -0.346. The highest BCUT2D eigenvalue weighted by atomic mass is 35.5. The molecule has 0 atom stereocenters. The van der Waals surface area contributed by atoms with E-state index in [1.165, 1.54) is 6.07 Å². The largest absolute Gasteiger partial charge is 0.384 e. The molecular formula is C15H11Cl2NO2S. The van der Waals surface area contributed by atoms with Crippen LogP contribution in [0.15, 0.2) is 24.3 Å². The standard InChI is InChI=1S/C15H11Cl2NO2S/c1-9-4-5-10(3-2-6-19)12(7-9)18-15(20)11-8-13(16)21-14(11)17/h4-5,7-8,19H,6H2,1H3,(H,18,20). The summed E-state index contributed by atoms with van der Waals surface area (Å²) in [5.74, 6) is 5.01. The molecule has 0 saturated carbocycles. The maximum Gasteiger partial charge on any atom is 0.258 e. The number of carbonyl (C=O) groups is 1. The lowest BCUT2D eigenvalue weighted by Gasteiger charge is -2.08. The quantitative estimate of drug-likeness (QED) is 0.813. The molecule has 1 heterocycles. The Kier molecular flexibility index (Phi) is 5.27. The van der Waals surface area contributed by atoms with Crippen molar-refractivity contribution in [3.05, 3.63) is 49.6 Å². The Hall–Kier alpha value is -1.51. The van der Waals surface area contributed by atoms with Crippen molar-refractivity contribution in [1.29, 1.82) is 0 Å². The first-order valence-electron chi connectivity index (χ1n) is 5.98. The van der Waals surface area contributed by atoms with Crippen LogP contribution < -0.4 is 5.32 Å². The van der Waals surface area contributed by atoms with Gasteiger partial charge in [0.05, 0.1) is 15.6 Å². The second kappa shape index (κ2) is 6.97. The van der Waals surface area contributed by atoms with Gasteiger partial charge in [-0.2, -0.15) is 0 Å². The van der Waals surface area contributed by atoms with E-state index in [0.717, 1.165) is 16.9 Å². The van der Waals surface area contributed by atoms with Crippen molar-refractivity contribution in [3.8, 4) is 11.8 Å². The Morgan fingerprint density at radius 1 is 1.38 bits per heavy atom. The van der Waals surface area contributed by atoms with Gasteiger partial charge in [0.1, 0.15) is 10.9 Å². The molecule has 1 aromatic carbocycles. The van der Waals surface area contributed by atoms with Gasteiger partial charge < -0.3 is 10.4 Å². The van der Waals surface area contributed by atoms with E-state index in [0.29, 0.717) is 25.5 Å². The molecule has 0 aliphatic heterocycles. The molecule has 1 amide bonds. The number of hydrogen-bond donors (Lipinski definition) is 2. The van der Waals surface area contributed by atoms with E-state index >= 15 is 0 Å². The van der Waals surface area contributed by atoms with Crippen LogP contribution in [0.3, 0.4) is 0 Å². The first-order chi connectivity index (χ1) is 10.0. The molecule has 0 unspecified atom stereocenters. The molecule has 21 heavy (non-hydrogen) atoms. The van der Waals surface area contributed by atoms with Crippen molar-refractivity contribution in [2.24, 2.45) is 0 Å². The summed E-state index contributed by atoms with van der Waals surface area (Å²) in [7, 11) is 0. The first kappa shape index (κ1) is 15.9. The Labute approximate surface area is 136 Å². The number of benzene rings is 1. The number of halogens is 2. The van der Waals surface area contributed by atoms with Gasteiger partial charge in [0, 0.05) is 5.56 Å². The van der Waals surface area contributed by atoms with E-state index in [9.17, 15) is 4.79 Å². The second-order valence-electron chi connectivity index (χ2n) is 4.20. The Bertz CT molecular complexity index is 744. The lowest BCUT2D eigenvalue weighted by molar-refractivity contribution is 0.102. The average molecular weight is 340 g/mol. The van der Waals surface area contributed by atoms with Gasteiger partial charge >= 0.3 is 0 Å². The van der Waals surface area contributed by atoms with E-state index in [-0.39, 0.29) is 12.5 Å². The second-order valence-corrected chi connectivity index (χ2v) is 6.49. The van der Waals surface area contributed by atoms with Crippen LogP contribution in [0.4, 0.5) is 5.69 Å². The van der Waals surface area contributed by atoms with E-state index in [1.54, 1.807) is 12.1 Å². The zero-order chi connectivity index (χ0) is 15.4. The van der Waals surface area contributed by atoms with Crippen LogP contribution in [0.25, 0.3) is 0 Å². The van der Waals surface area contributed by atoms with Gasteiger partial charge in [-0.25, -0.2) is 0 Å². The van der Waals surface area contributed by atoms with Crippen LogP contribution in [0.1, 0.15) is 21.5 Å². The van der Waals surface area contributed by atoms with Gasteiger partial charge in [-0.15, -0.1) is 11.3 Å². The lowest BCUT2D eigenvalue weighted by Crippen LogP contribution is -2.12. The van der Waals surface area contributed by atoms with Crippen LogP contribution >= 0.6 is 34.5 Å². The number of rotatable bonds is 2. The first-order valence-corrected chi connectivity index (χ1v) is 7.55. The molecular weight excluding hydrogens is 329 g/mol. The molecule has 1 aromatic heterocycles. The molecule has 0 saturated heterocycles. The minimum absolute atomic E-state index is 0.243. The summed E-state index contributed by atoms with van der Waals surface area (Å²) in [6.07, 6.45) is 0. The molecule has 3 nitrogen and oxygen atoms in total. The van der Waals surface area contributed by atoms with Gasteiger partial charge in [0.15, 0.2) is 0 Å². The Morgan fingerprint density at radius 2 is 2.14 bits per heavy atom. The summed E-state index contributed by atoms with van der Waals surface area (Å²) >= 11 is 13.0. The van der Waals surface area contributed by atoms with Gasteiger partial charge in [-0.3, -0.25) is 4.79 Å². The third kappa shape index (κ3) is 3.99. The predicted octanol–water partition coefficient (Wildman–Crippen LogP) is 3.96. The number of amides is 1. The summed E-state index contributed by atoms with van der Waals surface area (Å²) < 4.78 is 0.794. The van der Waals surface area contributed by atoms with Crippen LogP contribution in [0.2, 0.25) is 8.67 Å². The lowest BCUT2D eigenvalue weighted by atomic mass is 10.1. The molecule has 0 aliphatic rings. The zero-order valence-corrected chi connectivity index (χ0v) is 13.4. The van der Waals surface area contributed by atoms with Crippen LogP contribution in [0.5, 0.6) is 0 Å². The van der Waals surface area contributed by atoms with Crippen molar-refractivity contribution in [2.75, 3.05) is 11.9 Å². The van der Waals surface area contributed by atoms with Crippen molar-refractivity contribution in [3.63, 3.8) is 0 Å². The monoisotopic (exact) mass is 339 g/mol. The highest BCUT2D eigenvalue weighted by molar-refractivity contribution is 7.20. The molecule has 0 fully saturated rings. The number of thiophene rings is 1. The van der Waals surface area contributed by atoms with E-state index in [4.69, 9.17) is 28.3 Å². The Balaban J connectivity index is 2.32. The maximum atomic E-state index is 12.2. The van der Waals surface area contributed by atoms with Crippen LogP contribution in [0, 0.1) is 18.8 Å². The summed E-state index contributed by atoms with van der Waals surface area (Å²) in [5, 5.41) is 11.6. The van der Waals surface area contributed by atoms with Crippen molar-refractivity contribution in [1.82, 2.24) is 0 Å². The SMILES string of the molecule is Cc1ccc(C#CCO)c(NC(=O)c2cc(Cl)sc2Cl)c1. The molecule has 6 heteroatoms. The minimum Gasteiger partial charge on any atom is -0.384 e.